The van der Waals surface area contributed by atoms with Gasteiger partial charge in [0.2, 0.25) is 0 Å². The van der Waals surface area contributed by atoms with E-state index in [1.165, 1.54) is 6.07 Å². The van der Waals surface area contributed by atoms with Crippen LogP contribution in [0.3, 0.4) is 0 Å². The Balaban J connectivity index is 1.77. The predicted molar refractivity (Wildman–Crippen MR) is 60.7 cm³/mol. The Morgan fingerprint density at radius 3 is 2.94 bits per heavy atom. The van der Waals surface area contributed by atoms with E-state index in [-0.39, 0.29) is 23.7 Å². The van der Waals surface area contributed by atoms with Crippen molar-refractivity contribution in [2.75, 3.05) is 11.1 Å². The van der Waals surface area contributed by atoms with Gasteiger partial charge < -0.3 is 15.8 Å². The Hall–Kier alpha value is -1.29. The largest absolute Gasteiger partial charge is 0.395 e. The summed E-state index contributed by atoms with van der Waals surface area (Å²) >= 11 is 0. The summed E-state index contributed by atoms with van der Waals surface area (Å²) in [7, 11) is 0. The quantitative estimate of drug-likeness (QED) is 0.754. The molecular weight excluding hydrogens is 207 g/mol. The second kappa shape index (κ2) is 3.63. The zero-order valence-electron chi connectivity index (χ0n) is 8.95. The van der Waals surface area contributed by atoms with E-state index >= 15 is 0 Å². The molecule has 3 atom stereocenters. The zero-order chi connectivity index (χ0) is 11.1. The predicted octanol–water partition coefficient (Wildman–Crippen LogP) is 2.14. The third-order valence-electron chi connectivity index (χ3n) is 3.50. The van der Waals surface area contributed by atoms with E-state index in [9.17, 15) is 4.39 Å². The van der Waals surface area contributed by atoms with Gasteiger partial charge in [0.1, 0.15) is 5.82 Å². The molecule has 3 unspecified atom stereocenters. The molecule has 4 heteroatoms. The lowest BCUT2D eigenvalue weighted by atomic mass is 9.95. The summed E-state index contributed by atoms with van der Waals surface area (Å²) < 4.78 is 19.0. The van der Waals surface area contributed by atoms with Gasteiger partial charge in [-0.05, 0) is 31.4 Å². The van der Waals surface area contributed by atoms with Crippen LogP contribution in [0.4, 0.5) is 15.8 Å². The summed E-state index contributed by atoms with van der Waals surface area (Å²) in [5.74, 6) is -0.367. The first kappa shape index (κ1) is 9.90. The SMILES string of the molecule is Nc1c(F)cccc1NC1CC2CCC1O2. The molecule has 1 aromatic carbocycles. The highest BCUT2D eigenvalue weighted by Gasteiger charge is 2.40. The van der Waals surface area contributed by atoms with E-state index in [1.54, 1.807) is 6.07 Å². The highest BCUT2D eigenvalue weighted by molar-refractivity contribution is 5.67. The van der Waals surface area contributed by atoms with Crippen molar-refractivity contribution < 1.29 is 9.13 Å². The minimum atomic E-state index is -0.367. The maximum atomic E-state index is 13.2. The summed E-state index contributed by atoms with van der Waals surface area (Å²) in [5, 5.41) is 3.29. The molecule has 2 aliphatic rings. The molecular formula is C12H15FN2O. The molecule has 3 N–H and O–H groups in total. The molecule has 86 valence electrons. The summed E-state index contributed by atoms with van der Waals surface area (Å²) in [6.07, 6.45) is 3.91. The lowest BCUT2D eigenvalue weighted by Crippen LogP contribution is -2.30. The molecule has 0 radical (unpaired) electrons. The molecule has 2 saturated heterocycles. The lowest BCUT2D eigenvalue weighted by Gasteiger charge is -2.22. The highest BCUT2D eigenvalue weighted by Crippen LogP contribution is 2.36. The van der Waals surface area contributed by atoms with Crippen LogP contribution in [0.2, 0.25) is 0 Å². The summed E-state index contributed by atoms with van der Waals surface area (Å²) in [5.41, 5.74) is 6.56. The normalized spacial score (nSPS) is 31.9. The van der Waals surface area contributed by atoms with Crippen LogP contribution in [0.5, 0.6) is 0 Å². The van der Waals surface area contributed by atoms with Gasteiger partial charge in [0.15, 0.2) is 0 Å². The van der Waals surface area contributed by atoms with Crippen LogP contribution in [0.25, 0.3) is 0 Å². The molecule has 3 rings (SSSR count). The molecule has 2 bridgehead atoms. The van der Waals surface area contributed by atoms with Crippen molar-refractivity contribution in [2.24, 2.45) is 0 Å². The van der Waals surface area contributed by atoms with Crippen molar-refractivity contribution in [3.05, 3.63) is 24.0 Å². The lowest BCUT2D eigenvalue weighted by molar-refractivity contribution is 0.102. The number of benzene rings is 1. The molecule has 16 heavy (non-hydrogen) atoms. The molecule has 1 aromatic rings. The molecule has 0 amide bonds. The molecule has 2 aliphatic heterocycles. The zero-order valence-corrected chi connectivity index (χ0v) is 8.95. The van der Waals surface area contributed by atoms with Crippen molar-refractivity contribution in [3.63, 3.8) is 0 Å². The van der Waals surface area contributed by atoms with E-state index in [1.807, 2.05) is 6.07 Å². The van der Waals surface area contributed by atoms with E-state index in [2.05, 4.69) is 5.32 Å². The van der Waals surface area contributed by atoms with Gasteiger partial charge in [0, 0.05) is 0 Å². The van der Waals surface area contributed by atoms with Crippen LogP contribution in [0.1, 0.15) is 19.3 Å². The number of fused-ring (bicyclic) bond motifs is 2. The van der Waals surface area contributed by atoms with Crippen molar-refractivity contribution in [3.8, 4) is 0 Å². The topological polar surface area (TPSA) is 47.3 Å². The number of anilines is 2. The Labute approximate surface area is 93.8 Å². The Morgan fingerprint density at radius 1 is 1.38 bits per heavy atom. The summed E-state index contributed by atoms with van der Waals surface area (Å²) in [4.78, 5) is 0. The van der Waals surface area contributed by atoms with Crippen LogP contribution in [-0.4, -0.2) is 18.2 Å². The molecule has 0 saturated carbocycles. The number of ether oxygens (including phenoxy) is 1. The van der Waals surface area contributed by atoms with E-state index in [0.29, 0.717) is 11.8 Å². The summed E-state index contributed by atoms with van der Waals surface area (Å²) in [6.45, 7) is 0. The van der Waals surface area contributed by atoms with Crippen molar-refractivity contribution in [1.82, 2.24) is 0 Å². The van der Waals surface area contributed by atoms with Crippen LogP contribution in [0.15, 0.2) is 18.2 Å². The monoisotopic (exact) mass is 222 g/mol. The number of para-hydroxylation sites is 1. The maximum absolute atomic E-state index is 13.2. The number of nitrogen functional groups attached to an aromatic ring is 1. The Bertz CT molecular complexity index is 410. The van der Waals surface area contributed by atoms with Gasteiger partial charge in [-0.15, -0.1) is 0 Å². The van der Waals surface area contributed by atoms with Gasteiger partial charge in [0.05, 0.1) is 29.6 Å². The number of hydrogen-bond acceptors (Lipinski definition) is 3. The Morgan fingerprint density at radius 2 is 2.25 bits per heavy atom. The van der Waals surface area contributed by atoms with Gasteiger partial charge in [-0.1, -0.05) is 6.07 Å². The highest BCUT2D eigenvalue weighted by atomic mass is 19.1. The molecule has 3 nitrogen and oxygen atoms in total. The fourth-order valence-corrected chi connectivity index (χ4v) is 2.65. The van der Waals surface area contributed by atoms with Gasteiger partial charge >= 0.3 is 0 Å². The van der Waals surface area contributed by atoms with Crippen LogP contribution < -0.4 is 11.1 Å². The van der Waals surface area contributed by atoms with Crippen molar-refractivity contribution >= 4 is 11.4 Å². The molecule has 0 aromatic heterocycles. The molecule has 0 aliphatic carbocycles. The van der Waals surface area contributed by atoms with Crippen LogP contribution in [-0.2, 0) is 4.74 Å². The first-order chi connectivity index (χ1) is 7.74. The van der Waals surface area contributed by atoms with Gasteiger partial charge in [-0.2, -0.15) is 0 Å². The maximum Gasteiger partial charge on any atom is 0.148 e. The standard InChI is InChI=1S/C12H15FN2O/c13-8-2-1-3-9(12(8)14)15-10-6-7-4-5-11(10)16-7/h1-3,7,10-11,15H,4-6,14H2. The van der Waals surface area contributed by atoms with E-state index in [4.69, 9.17) is 10.5 Å². The van der Waals surface area contributed by atoms with Crippen molar-refractivity contribution in [2.45, 2.75) is 37.5 Å². The fourth-order valence-electron chi connectivity index (χ4n) is 2.65. The Kier molecular flexibility index (Phi) is 2.24. The average Bonchev–Trinajstić information content (AvgIpc) is 2.86. The minimum absolute atomic E-state index is 0.199. The number of hydrogen-bond donors (Lipinski definition) is 2. The third kappa shape index (κ3) is 1.53. The van der Waals surface area contributed by atoms with Gasteiger partial charge in [0.25, 0.3) is 0 Å². The van der Waals surface area contributed by atoms with E-state index < -0.39 is 0 Å². The number of rotatable bonds is 2. The second-order valence-electron chi connectivity index (χ2n) is 4.56. The molecule has 0 spiro atoms. The van der Waals surface area contributed by atoms with Gasteiger partial charge in [-0.3, -0.25) is 0 Å². The summed E-state index contributed by atoms with van der Waals surface area (Å²) in [6, 6.07) is 5.13. The smallest absolute Gasteiger partial charge is 0.148 e. The molecule has 2 fully saturated rings. The second-order valence-corrected chi connectivity index (χ2v) is 4.56. The first-order valence-electron chi connectivity index (χ1n) is 5.70. The molecule has 2 heterocycles. The number of halogens is 1. The van der Waals surface area contributed by atoms with Crippen LogP contribution in [0, 0.1) is 5.82 Å². The first-order valence-corrected chi connectivity index (χ1v) is 5.70. The number of nitrogens with one attached hydrogen (secondary N) is 1. The third-order valence-corrected chi connectivity index (χ3v) is 3.50. The van der Waals surface area contributed by atoms with Gasteiger partial charge in [-0.25, -0.2) is 4.39 Å². The van der Waals surface area contributed by atoms with Crippen LogP contribution >= 0.6 is 0 Å². The average molecular weight is 222 g/mol. The number of nitrogens with two attached hydrogens (primary N) is 1. The van der Waals surface area contributed by atoms with Crippen molar-refractivity contribution in [1.29, 1.82) is 0 Å². The van der Waals surface area contributed by atoms with E-state index in [0.717, 1.165) is 19.3 Å². The minimum Gasteiger partial charge on any atom is -0.395 e. The fraction of sp³-hybridized carbons (Fsp3) is 0.500.